The molecule has 0 bridgehead atoms. The number of carbonyl (C=O) groups excluding carboxylic acids is 2. The molecule has 0 aromatic carbocycles. The molecule has 2 aromatic rings. The van der Waals surface area contributed by atoms with E-state index in [1.165, 1.54) is 0 Å². The van der Waals surface area contributed by atoms with Crippen LogP contribution in [0.5, 0.6) is 0 Å². The van der Waals surface area contributed by atoms with Crippen LogP contribution in [0, 0.1) is 5.41 Å². The molecule has 3 rings (SSSR count). The first-order valence-corrected chi connectivity index (χ1v) is 7.62. The molecule has 1 fully saturated rings. The van der Waals surface area contributed by atoms with Gasteiger partial charge in [0, 0.05) is 29.7 Å². The molecule has 22 heavy (non-hydrogen) atoms. The largest absolute Gasteiger partial charge is 0.354 e. The fourth-order valence-corrected chi connectivity index (χ4v) is 3.22. The van der Waals surface area contributed by atoms with Gasteiger partial charge in [0.15, 0.2) is 0 Å². The maximum Gasteiger partial charge on any atom is 0.254 e. The number of rotatable bonds is 4. The lowest BCUT2D eigenvalue weighted by atomic mass is 9.77. The first kappa shape index (κ1) is 14.6. The molecule has 1 saturated heterocycles. The van der Waals surface area contributed by atoms with Crippen LogP contribution in [0.25, 0.3) is 11.0 Å². The van der Waals surface area contributed by atoms with Gasteiger partial charge in [-0.05, 0) is 25.0 Å². The highest BCUT2D eigenvalue weighted by molar-refractivity contribution is 6.07. The lowest BCUT2D eigenvalue weighted by Crippen LogP contribution is -2.48. The van der Waals surface area contributed by atoms with Crippen LogP contribution >= 0.6 is 0 Å². The minimum atomic E-state index is -0.489. The number of amides is 2. The molecular weight excluding hydrogens is 280 g/mol. The summed E-state index contributed by atoms with van der Waals surface area (Å²) >= 11 is 0. The van der Waals surface area contributed by atoms with Crippen LogP contribution < -0.4 is 10.6 Å². The van der Waals surface area contributed by atoms with E-state index >= 15 is 0 Å². The fraction of sp³-hybridized carbons (Fsp3) is 0.438. The van der Waals surface area contributed by atoms with Crippen LogP contribution in [0.2, 0.25) is 0 Å². The van der Waals surface area contributed by atoms with Crippen molar-refractivity contribution in [3.05, 3.63) is 30.1 Å². The van der Waals surface area contributed by atoms with E-state index in [2.05, 4.69) is 34.4 Å². The van der Waals surface area contributed by atoms with Gasteiger partial charge in [-0.1, -0.05) is 13.8 Å². The van der Waals surface area contributed by atoms with E-state index in [1.807, 2.05) is 6.07 Å². The third kappa shape index (κ3) is 2.15. The third-order valence-electron chi connectivity index (χ3n) is 4.87. The van der Waals surface area contributed by atoms with E-state index in [4.69, 9.17) is 0 Å². The standard InChI is InChI=1S/C16H20N4O2/c1-3-16(4-2)9-19-15(22)12(16)20-14(21)11-8-18-13-10(11)6-5-7-17-13/h5-8,12H,3-4,9H2,1-2H3,(H,17,18)(H,19,22)(H,20,21). The van der Waals surface area contributed by atoms with Crippen molar-refractivity contribution in [1.82, 2.24) is 20.6 Å². The zero-order chi connectivity index (χ0) is 15.7. The monoisotopic (exact) mass is 300 g/mol. The zero-order valence-corrected chi connectivity index (χ0v) is 12.8. The van der Waals surface area contributed by atoms with Gasteiger partial charge in [-0.25, -0.2) is 4.98 Å². The molecule has 3 N–H and O–H groups in total. The van der Waals surface area contributed by atoms with Gasteiger partial charge in [0.1, 0.15) is 11.7 Å². The second-order valence-corrected chi connectivity index (χ2v) is 5.80. The molecule has 1 unspecified atom stereocenters. The van der Waals surface area contributed by atoms with Gasteiger partial charge < -0.3 is 15.6 Å². The van der Waals surface area contributed by atoms with E-state index in [0.717, 1.165) is 18.2 Å². The molecule has 2 aromatic heterocycles. The number of nitrogens with zero attached hydrogens (tertiary/aromatic N) is 1. The number of aromatic amines is 1. The molecule has 0 spiro atoms. The summed E-state index contributed by atoms with van der Waals surface area (Å²) in [4.78, 5) is 31.9. The number of carbonyl (C=O) groups is 2. The number of nitrogens with one attached hydrogen (secondary N) is 3. The van der Waals surface area contributed by atoms with E-state index in [9.17, 15) is 9.59 Å². The summed E-state index contributed by atoms with van der Waals surface area (Å²) in [5, 5.41) is 6.55. The molecule has 1 aliphatic heterocycles. The van der Waals surface area contributed by atoms with Gasteiger partial charge in [0.05, 0.1) is 5.56 Å². The number of hydrogen-bond donors (Lipinski definition) is 3. The topological polar surface area (TPSA) is 86.9 Å². The first-order valence-electron chi connectivity index (χ1n) is 7.62. The maximum absolute atomic E-state index is 12.6. The van der Waals surface area contributed by atoms with Gasteiger partial charge in [-0.15, -0.1) is 0 Å². The highest BCUT2D eigenvalue weighted by Crippen LogP contribution is 2.34. The molecule has 116 valence electrons. The molecule has 0 radical (unpaired) electrons. The summed E-state index contributed by atoms with van der Waals surface area (Å²) in [5.74, 6) is -0.345. The van der Waals surface area contributed by atoms with Gasteiger partial charge in [0.2, 0.25) is 5.91 Å². The first-order chi connectivity index (χ1) is 10.6. The van der Waals surface area contributed by atoms with Crippen molar-refractivity contribution in [2.45, 2.75) is 32.7 Å². The van der Waals surface area contributed by atoms with Crippen LogP contribution in [-0.2, 0) is 4.79 Å². The fourth-order valence-electron chi connectivity index (χ4n) is 3.22. The predicted octanol–water partition coefficient (Wildman–Crippen LogP) is 1.60. The SMILES string of the molecule is CCC1(CC)CNC(=O)C1NC(=O)c1c[nH]c2ncccc12. The van der Waals surface area contributed by atoms with Gasteiger partial charge in [0.25, 0.3) is 5.91 Å². The summed E-state index contributed by atoms with van der Waals surface area (Å²) in [6.45, 7) is 4.72. The second-order valence-electron chi connectivity index (χ2n) is 5.80. The van der Waals surface area contributed by atoms with E-state index in [-0.39, 0.29) is 17.2 Å². The Bertz CT molecular complexity index is 718. The summed E-state index contributed by atoms with van der Waals surface area (Å²) in [6, 6.07) is 3.14. The Hall–Kier alpha value is -2.37. The van der Waals surface area contributed by atoms with Crippen molar-refractivity contribution in [2.75, 3.05) is 6.54 Å². The lowest BCUT2D eigenvalue weighted by Gasteiger charge is -2.31. The minimum Gasteiger partial charge on any atom is -0.354 e. The molecule has 0 aliphatic carbocycles. The van der Waals surface area contributed by atoms with Crippen molar-refractivity contribution in [2.24, 2.45) is 5.41 Å². The van der Waals surface area contributed by atoms with E-state index in [1.54, 1.807) is 18.5 Å². The molecule has 2 amide bonds. The second kappa shape index (κ2) is 5.44. The number of aromatic nitrogens is 2. The average Bonchev–Trinajstić information content (AvgIpc) is 3.10. The highest BCUT2D eigenvalue weighted by Gasteiger charge is 2.46. The van der Waals surface area contributed by atoms with Crippen LogP contribution in [-0.4, -0.2) is 34.4 Å². The molecule has 6 heteroatoms. The van der Waals surface area contributed by atoms with Crippen LogP contribution in [0.15, 0.2) is 24.5 Å². The molecule has 3 heterocycles. The van der Waals surface area contributed by atoms with Crippen molar-refractivity contribution in [1.29, 1.82) is 0 Å². The Morgan fingerprint density at radius 2 is 2.23 bits per heavy atom. The van der Waals surface area contributed by atoms with Crippen LogP contribution in [0.4, 0.5) is 0 Å². The molecular formula is C16H20N4O2. The molecule has 1 atom stereocenters. The summed E-state index contributed by atoms with van der Waals surface area (Å²) in [6.07, 6.45) is 4.98. The number of hydrogen-bond acceptors (Lipinski definition) is 3. The number of pyridine rings is 1. The van der Waals surface area contributed by atoms with E-state index in [0.29, 0.717) is 17.8 Å². The summed E-state index contributed by atoms with van der Waals surface area (Å²) in [7, 11) is 0. The van der Waals surface area contributed by atoms with Gasteiger partial charge >= 0.3 is 0 Å². The van der Waals surface area contributed by atoms with Crippen molar-refractivity contribution in [3.63, 3.8) is 0 Å². The summed E-state index contributed by atoms with van der Waals surface area (Å²) in [5.41, 5.74) is 0.974. The van der Waals surface area contributed by atoms with Crippen molar-refractivity contribution in [3.8, 4) is 0 Å². The van der Waals surface area contributed by atoms with Gasteiger partial charge in [-0.2, -0.15) is 0 Å². The van der Waals surface area contributed by atoms with Gasteiger partial charge in [-0.3, -0.25) is 9.59 Å². The predicted molar refractivity (Wildman–Crippen MR) is 83.4 cm³/mol. The number of fused-ring (bicyclic) bond motifs is 1. The Morgan fingerprint density at radius 3 is 2.95 bits per heavy atom. The molecule has 1 aliphatic rings. The smallest absolute Gasteiger partial charge is 0.254 e. The van der Waals surface area contributed by atoms with E-state index < -0.39 is 6.04 Å². The molecule has 0 saturated carbocycles. The van der Waals surface area contributed by atoms with Crippen molar-refractivity contribution < 1.29 is 9.59 Å². The Labute approximate surface area is 128 Å². The Balaban J connectivity index is 1.88. The maximum atomic E-state index is 12.6. The Morgan fingerprint density at radius 1 is 1.45 bits per heavy atom. The summed E-state index contributed by atoms with van der Waals surface area (Å²) < 4.78 is 0. The lowest BCUT2D eigenvalue weighted by molar-refractivity contribution is -0.121. The normalized spacial score (nSPS) is 20.1. The number of H-pyrrole nitrogens is 1. The Kier molecular flexibility index (Phi) is 3.60. The zero-order valence-electron chi connectivity index (χ0n) is 12.8. The third-order valence-corrected chi connectivity index (χ3v) is 4.87. The minimum absolute atomic E-state index is 0.102. The molecule has 6 nitrogen and oxygen atoms in total. The quantitative estimate of drug-likeness (QED) is 0.801. The van der Waals surface area contributed by atoms with Crippen molar-refractivity contribution >= 4 is 22.8 Å². The van der Waals surface area contributed by atoms with Crippen LogP contribution in [0.1, 0.15) is 37.0 Å². The van der Waals surface area contributed by atoms with Crippen LogP contribution in [0.3, 0.4) is 0 Å². The highest BCUT2D eigenvalue weighted by atomic mass is 16.2. The average molecular weight is 300 g/mol.